The molecule has 2 aliphatic rings. The van der Waals surface area contributed by atoms with Crippen LogP contribution in [0, 0.1) is 5.41 Å². The summed E-state index contributed by atoms with van der Waals surface area (Å²) in [6.07, 6.45) is 9.89. The van der Waals surface area contributed by atoms with E-state index in [4.69, 9.17) is 0 Å². The highest BCUT2D eigenvalue weighted by Crippen LogP contribution is 2.36. The lowest BCUT2D eigenvalue weighted by Crippen LogP contribution is -2.37. The number of likely N-dealkylation sites (tertiary alicyclic amines) is 1. The highest BCUT2D eigenvalue weighted by atomic mass is 15.1. The van der Waals surface area contributed by atoms with Crippen LogP contribution in [0.2, 0.25) is 0 Å². The first-order chi connectivity index (χ1) is 8.22. The summed E-state index contributed by atoms with van der Waals surface area (Å²) in [5.41, 5.74) is 0.608. The van der Waals surface area contributed by atoms with Gasteiger partial charge < -0.3 is 10.2 Å². The Balaban J connectivity index is 1.71. The first-order valence-corrected chi connectivity index (χ1v) is 7.68. The van der Waals surface area contributed by atoms with Gasteiger partial charge in [0.2, 0.25) is 0 Å². The van der Waals surface area contributed by atoms with Gasteiger partial charge in [0.25, 0.3) is 0 Å². The third kappa shape index (κ3) is 3.96. The van der Waals surface area contributed by atoms with Gasteiger partial charge in [-0.1, -0.05) is 26.7 Å². The van der Waals surface area contributed by atoms with Gasteiger partial charge in [-0.2, -0.15) is 0 Å². The van der Waals surface area contributed by atoms with Gasteiger partial charge in [-0.3, -0.25) is 0 Å². The van der Waals surface area contributed by atoms with Crippen molar-refractivity contribution >= 4 is 0 Å². The number of hydrogen-bond donors (Lipinski definition) is 1. The number of nitrogens with one attached hydrogen (secondary N) is 1. The molecule has 17 heavy (non-hydrogen) atoms. The minimum Gasteiger partial charge on any atom is -0.313 e. The minimum atomic E-state index is 0.608. The van der Waals surface area contributed by atoms with Crippen LogP contribution < -0.4 is 5.32 Å². The maximum Gasteiger partial charge on any atom is 0.00799 e. The fraction of sp³-hybridized carbons (Fsp3) is 1.00. The van der Waals surface area contributed by atoms with E-state index in [2.05, 4.69) is 24.1 Å². The standard InChI is InChI=1S/C15H30N2/c1-3-17-11-6-7-14(8-12-17)16-13-15(2)9-4-5-10-15/h14,16H,3-13H2,1-2H3. The first kappa shape index (κ1) is 13.4. The second-order valence-electron chi connectivity index (χ2n) is 6.46. The first-order valence-electron chi connectivity index (χ1n) is 7.68. The molecule has 0 aromatic carbocycles. The fourth-order valence-electron chi connectivity index (χ4n) is 3.47. The highest BCUT2D eigenvalue weighted by molar-refractivity contribution is 4.84. The van der Waals surface area contributed by atoms with Crippen molar-refractivity contribution < 1.29 is 0 Å². The van der Waals surface area contributed by atoms with E-state index in [1.807, 2.05) is 0 Å². The van der Waals surface area contributed by atoms with Crippen molar-refractivity contribution in [2.75, 3.05) is 26.2 Å². The SMILES string of the molecule is CCN1CCCC(NCC2(C)CCCC2)CC1. The van der Waals surface area contributed by atoms with E-state index in [-0.39, 0.29) is 0 Å². The molecule has 1 aliphatic heterocycles. The monoisotopic (exact) mass is 238 g/mol. The molecule has 1 N–H and O–H groups in total. The largest absolute Gasteiger partial charge is 0.313 e. The summed E-state index contributed by atoms with van der Waals surface area (Å²) < 4.78 is 0. The molecule has 1 saturated carbocycles. The Hall–Kier alpha value is -0.0800. The van der Waals surface area contributed by atoms with E-state index < -0.39 is 0 Å². The van der Waals surface area contributed by atoms with Crippen LogP contribution in [-0.4, -0.2) is 37.1 Å². The molecule has 2 fully saturated rings. The average molecular weight is 238 g/mol. The maximum atomic E-state index is 3.86. The molecule has 2 rings (SSSR count). The minimum absolute atomic E-state index is 0.608. The molecule has 1 atom stereocenters. The molecule has 0 amide bonds. The van der Waals surface area contributed by atoms with Crippen molar-refractivity contribution in [3.63, 3.8) is 0 Å². The molecular formula is C15H30N2. The van der Waals surface area contributed by atoms with E-state index in [1.165, 1.54) is 71.1 Å². The van der Waals surface area contributed by atoms with Crippen LogP contribution in [0.15, 0.2) is 0 Å². The molecule has 2 heteroatoms. The summed E-state index contributed by atoms with van der Waals surface area (Å²) in [4.78, 5) is 2.60. The lowest BCUT2D eigenvalue weighted by Gasteiger charge is -2.27. The van der Waals surface area contributed by atoms with Crippen molar-refractivity contribution in [2.24, 2.45) is 5.41 Å². The zero-order valence-electron chi connectivity index (χ0n) is 11.8. The van der Waals surface area contributed by atoms with E-state index in [9.17, 15) is 0 Å². The Kier molecular flexibility index (Phi) is 4.87. The van der Waals surface area contributed by atoms with Crippen LogP contribution in [0.3, 0.4) is 0 Å². The van der Waals surface area contributed by atoms with Crippen molar-refractivity contribution in [1.82, 2.24) is 10.2 Å². The molecule has 100 valence electrons. The summed E-state index contributed by atoms with van der Waals surface area (Å²) in [7, 11) is 0. The third-order valence-corrected chi connectivity index (χ3v) is 4.90. The summed E-state index contributed by atoms with van der Waals surface area (Å²) >= 11 is 0. The molecule has 0 spiro atoms. The fourth-order valence-corrected chi connectivity index (χ4v) is 3.47. The molecule has 0 bridgehead atoms. The summed E-state index contributed by atoms with van der Waals surface area (Å²) in [5.74, 6) is 0. The number of hydrogen-bond acceptors (Lipinski definition) is 2. The van der Waals surface area contributed by atoms with Gasteiger partial charge in [0.1, 0.15) is 0 Å². The number of nitrogens with zero attached hydrogens (tertiary/aromatic N) is 1. The quantitative estimate of drug-likeness (QED) is 0.810. The van der Waals surface area contributed by atoms with Crippen LogP contribution in [0.4, 0.5) is 0 Å². The van der Waals surface area contributed by atoms with Crippen molar-refractivity contribution in [1.29, 1.82) is 0 Å². The van der Waals surface area contributed by atoms with Crippen molar-refractivity contribution in [3.8, 4) is 0 Å². The Morgan fingerprint density at radius 1 is 1.12 bits per heavy atom. The molecule has 2 nitrogen and oxygen atoms in total. The van der Waals surface area contributed by atoms with Gasteiger partial charge in [0.05, 0.1) is 0 Å². The summed E-state index contributed by atoms with van der Waals surface area (Å²) in [5, 5.41) is 3.86. The topological polar surface area (TPSA) is 15.3 Å². The molecule has 1 unspecified atom stereocenters. The molecule has 0 aromatic heterocycles. The molecule has 1 heterocycles. The molecule has 0 aromatic rings. The van der Waals surface area contributed by atoms with Crippen molar-refractivity contribution in [2.45, 2.75) is 64.8 Å². The van der Waals surface area contributed by atoms with Crippen LogP contribution in [0.5, 0.6) is 0 Å². The predicted molar refractivity (Wildman–Crippen MR) is 74.3 cm³/mol. The van der Waals surface area contributed by atoms with E-state index in [1.54, 1.807) is 0 Å². The zero-order chi connectivity index (χ0) is 12.1. The van der Waals surface area contributed by atoms with Crippen molar-refractivity contribution in [3.05, 3.63) is 0 Å². The van der Waals surface area contributed by atoms with Gasteiger partial charge in [-0.05, 0) is 57.2 Å². The predicted octanol–water partition coefficient (Wildman–Crippen LogP) is 3.03. The number of rotatable bonds is 4. The molecule has 0 radical (unpaired) electrons. The van der Waals surface area contributed by atoms with E-state index >= 15 is 0 Å². The Morgan fingerprint density at radius 3 is 2.59 bits per heavy atom. The summed E-state index contributed by atoms with van der Waals surface area (Å²) in [6, 6.07) is 0.781. The van der Waals surface area contributed by atoms with Crippen LogP contribution in [-0.2, 0) is 0 Å². The second-order valence-corrected chi connectivity index (χ2v) is 6.46. The average Bonchev–Trinajstić information content (AvgIpc) is 2.64. The van der Waals surface area contributed by atoms with Crippen LogP contribution >= 0.6 is 0 Å². The summed E-state index contributed by atoms with van der Waals surface area (Å²) in [6.45, 7) is 9.85. The van der Waals surface area contributed by atoms with Crippen LogP contribution in [0.1, 0.15) is 58.8 Å². The van der Waals surface area contributed by atoms with Gasteiger partial charge in [-0.15, -0.1) is 0 Å². The Labute approximate surface area is 107 Å². The van der Waals surface area contributed by atoms with Gasteiger partial charge in [-0.25, -0.2) is 0 Å². The van der Waals surface area contributed by atoms with E-state index in [0.29, 0.717) is 5.41 Å². The van der Waals surface area contributed by atoms with Gasteiger partial charge >= 0.3 is 0 Å². The smallest absolute Gasteiger partial charge is 0.00799 e. The second kappa shape index (κ2) is 6.19. The molecule has 1 saturated heterocycles. The van der Waals surface area contributed by atoms with Gasteiger partial charge in [0, 0.05) is 12.6 Å². The molecular weight excluding hydrogens is 208 g/mol. The maximum absolute atomic E-state index is 3.86. The molecule has 1 aliphatic carbocycles. The highest BCUT2D eigenvalue weighted by Gasteiger charge is 2.29. The van der Waals surface area contributed by atoms with Gasteiger partial charge in [0.15, 0.2) is 0 Å². The van der Waals surface area contributed by atoms with Crippen LogP contribution in [0.25, 0.3) is 0 Å². The zero-order valence-corrected chi connectivity index (χ0v) is 11.8. The normalized spacial score (nSPS) is 30.4. The van der Waals surface area contributed by atoms with E-state index in [0.717, 1.165) is 6.04 Å². The Morgan fingerprint density at radius 2 is 1.88 bits per heavy atom. The lowest BCUT2D eigenvalue weighted by atomic mass is 9.88. The third-order valence-electron chi connectivity index (χ3n) is 4.90. The Bertz CT molecular complexity index is 221. The lowest BCUT2D eigenvalue weighted by molar-refractivity contribution is 0.278.